The molecule has 0 aliphatic carbocycles. The van der Waals surface area contributed by atoms with Crippen LogP contribution in [-0.4, -0.2) is 22.0 Å². The van der Waals surface area contributed by atoms with E-state index in [0.717, 1.165) is 11.3 Å². The van der Waals surface area contributed by atoms with Crippen LogP contribution in [0.3, 0.4) is 0 Å². The smallest absolute Gasteiger partial charge is 0.349 e. The molecular formula is C11H7ClN2O4S. The molecule has 1 amide bonds. The molecule has 6 nitrogen and oxygen atoms in total. The largest absolute Gasteiger partial charge is 0.477 e. The standard InChI is InChI=1S/C11H7ClN2O4S/c12-8-7(10(16)17)19-11(14-8)18-6-4-2-1-3-5(6)9(13)15/h1-4H,(H2,13,15)(H,16,17). The van der Waals surface area contributed by atoms with Crippen molar-refractivity contribution >= 4 is 34.8 Å². The number of para-hydroxylation sites is 1. The maximum Gasteiger partial charge on any atom is 0.349 e. The molecule has 0 saturated heterocycles. The van der Waals surface area contributed by atoms with E-state index in [1.165, 1.54) is 12.1 Å². The number of aromatic nitrogens is 1. The number of rotatable bonds is 4. The zero-order valence-electron chi connectivity index (χ0n) is 9.29. The van der Waals surface area contributed by atoms with Crippen molar-refractivity contribution in [2.45, 2.75) is 0 Å². The molecule has 0 radical (unpaired) electrons. The van der Waals surface area contributed by atoms with Crippen molar-refractivity contribution in [3.8, 4) is 10.9 Å². The number of carbonyl (C=O) groups is 2. The van der Waals surface area contributed by atoms with Crippen LogP contribution in [0.4, 0.5) is 0 Å². The fourth-order valence-electron chi connectivity index (χ4n) is 1.31. The Labute approximate surface area is 116 Å². The first kappa shape index (κ1) is 13.3. The second kappa shape index (κ2) is 5.25. The summed E-state index contributed by atoms with van der Waals surface area (Å²) in [5.74, 6) is -1.66. The van der Waals surface area contributed by atoms with E-state index in [1.807, 2.05) is 0 Å². The molecule has 1 aromatic heterocycles. The molecule has 0 fully saturated rings. The molecule has 0 unspecified atom stereocenters. The Kier molecular flexibility index (Phi) is 3.68. The second-order valence-electron chi connectivity index (χ2n) is 3.37. The Morgan fingerprint density at radius 3 is 2.63 bits per heavy atom. The summed E-state index contributed by atoms with van der Waals surface area (Å²) in [6.45, 7) is 0. The highest BCUT2D eigenvalue weighted by molar-refractivity contribution is 7.15. The van der Waals surface area contributed by atoms with Crippen LogP contribution in [0.15, 0.2) is 24.3 Å². The van der Waals surface area contributed by atoms with Gasteiger partial charge in [0.25, 0.3) is 11.1 Å². The van der Waals surface area contributed by atoms with E-state index in [1.54, 1.807) is 12.1 Å². The van der Waals surface area contributed by atoms with E-state index in [9.17, 15) is 9.59 Å². The Balaban J connectivity index is 2.34. The number of benzene rings is 1. The number of carboxylic acids is 1. The number of halogens is 1. The van der Waals surface area contributed by atoms with Crippen LogP contribution < -0.4 is 10.5 Å². The van der Waals surface area contributed by atoms with Crippen LogP contribution in [0.2, 0.25) is 5.15 Å². The Morgan fingerprint density at radius 1 is 1.37 bits per heavy atom. The quantitative estimate of drug-likeness (QED) is 0.902. The summed E-state index contributed by atoms with van der Waals surface area (Å²) in [6.07, 6.45) is 0. The summed E-state index contributed by atoms with van der Waals surface area (Å²) in [4.78, 5) is 25.6. The minimum Gasteiger partial charge on any atom is -0.477 e. The molecule has 98 valence electrons. The number of aromatic carboxylic acids is 1. The molecule has 0 atom stereocenters. The number of ether oxygens (including phenoxy) is 1. The lowest BCUT2D eigenvalue weighted by Gasteiger charge is -2.05. The number of nitrogens with two attached hydrogens (primary N) is 1. The van der Waals surface area contributed by atoms with Gasteiger partial charge in [0, 0.05) is 0 Å². The molecule has 0 aliphatic rings. The topological polar surface area (TPSA) is 103 Å². The summed E-state index contributed by atoms with van der Waals surface area (Å²) in [5, 5.41) is 8.71. The summed E-state index contributed by atoms with van der Waals surface area (Å²) in [7, 11) is 0. The van der Waals surface area contributed by atoms with Crippen molar-refractivity contribution < 1.29 is 19.4 Å². The molecule has 0 aliphatic heterocycles. The van der Waals surface area contributed by atoms with Crippen LogP contribution >= 0.6 is 22.9 Å². The van der Waals surface area contributed by atoms with Gasteiger partial charge in [-0.2, -0.15) is 4.98 Å². The maximum absolute atomic E-state index is 11.2. The first-order chi connectivity index (χ1) is 8.99. The van der Waals surface area contributed by atoms with Gasteiger partial charge in [-0.1, -0.05) is 35.1 Å². The van der Waals surface area contributed by atoms with Gasteiger partial charge in [0.2, 0.25) is 0 Å². The monoisotopic (exact) mass is 298 g/mol. The number of carbonyl (C=O) groups excluding carboxylic acids is 1. The molecular weight excluding hydrogens is 292 g/mol. The average molecular weight is 299 g/mol. The minimum atomic E-state index is -1.19. The summed E-state index contributed by atoms with van der Waals surface area (Å²) < 4.78 is 5.34. The van der Waals surface area contributed by atoms with Gasteiger partial charge >= 0.3 is 5.97 Å². The van der Waals surface area contributed by atoms with Gasteiger partial charge < -0.3 is 15.6 Å². The highest BCUT2D eigenvalue weighted by atomic mass is 35.5. The summed E-state index contributed by atoms with van der Waals surface area (Å²) in [5.41, 5.74) is 5.37. The zero-order chi connectivity index (χ0) is 14.0. The van der Waals surface area contributed by atoms with E-state index >= 15 is 0 Å². The molecule has 2 aromatic rings. The van der Waals surface area contributed by atoms with Crippen LogP contribution in [-0.2, 0) is 0 Å². The zero-order valence-corrected chi connectivity index (χ0v) is 10.9. The van der Waals surface area contributed by atoms with Gasteiger partial charge in [0.1, 0.15) is 5.75 Å². The van der Waals surface area contributed by atoms with Gasteiger partial charge in [0.05, 0.1) is 5.56 Å². The van der Waals surface area contributed by atoms with Crippen molar-refractivity contribution in [3.05, 3.63) is 39.9 Å². The molecule has 19 heavy (non-hydrogen) atoms. The molecule has 0 spiro atoms. The maximum atomic E-state index is 11.2. The number of hydrogen-bond donors (Lipinski definition) is 2. The number of hydrogen-bond acceptors (Lipinski definition) is 5. The highest BCUT2D eigenvalue weighted by Gasteiger charge is 2.18. The number of nitrogens with zero attached hydrogens (tertiary/aromatic N) is 1. The fourth-order valence-corrected chi connectivity index (χ4v) is 2.30. The molecule has 0 bridgehead atoms. The Hall–Kier alpha value is -2.12. The highest BCUT2D eigenvalue weighted by Crippen LogP contribution is 2.33. The third kappa shape index (κ3) is 2.83. The van der Waals surface area contributed by atoms with E-state index in [-0.39, 0.29) is 26.5 Å². The van der Waals surface area contributed by atoms with E-state index in [2.05, 4.69) is 4.98 Å². The van der Waals surface area contributed by atoms with Crippen LogP contribution in [0.5, 0.6) is 10.9 Å². The number of carboxylic acid groups (broad SMARTS) is 1. The average Bonchev–Trinajstić information content (AvgIpc) is 2.71. The van der Waals surface area contributed by atoms with E-state index in [0.29, 0.717) is 0 Å². The lowest BCUT2D eigenvalue weighted by Crippen LogP contribution is -2.11. The van der Waals surface area contributed by atoms with Crippen molar-refractivity contribution in [3.63, 3.8) is 0 Å². The number of amides is 1. The van der Waals surface area contributed by atoms with Gasteiger partial charge in [0.15, 0.2) is 10.0 Å². The predicted octanol–water partition coefficient (Wildman–Crippen LogP) is 2.39. The third-order valence-electron chi connectivity index (χ3n) is 2.11. The van der Waals surface area contributed by atoms with Gasteiger partial charge in [-0.15, -0.1) is 0 Å². The first-order valence-corrected chi connectivity index (χ1v) is 6.15. The van der Waals surface area contributed by atoms with Crippen LogP contribution in [0.25, 0.3) is 0 Å². The minimum absolute atomic E-state index is 0.0242. The van der Waals surface area contributed by atoms with Crippen molar-refractivity contribution in [2.24, 2.45) is 5.73 Å². The lowest BCUT2D eigenvalue weighted by atomic mass is 10.2. The van der Waals surface area contributed by atoms with Gasteiger partial charge in [-0.05, 0) is 12.1 Å². The molecule has 0 saturated carbocycles. The van der Waals surface area contributed by atoms with Crippen LogP contribution in [0, 0.1) is 0 Å². The van der Waals surface area contributed by atoms with Crippen molar-refractivity contribution in [1.29, 1.82) is 0 Å². The number of thiazole rings is 1. The molecule has 1 heterocycles. The second-order valence-corrected chi connectivity index (χ2v) is 4.69. The third-order valence-corrected chi connectivity index (χ3v) is 3.42. The van der Waals surface area contributed by atoms with Crippen molar-refractivity contribution in [1.82, 2.24) is 4.98 Å². The number of primary amides is 1. The van der Waals surface area contributed by atoms with Crippen molar-refractivity contribution in [2.75, 3.05) is 0 Å². The van der Waals surface area contributed by atoms with E-state index < -0.39 is 11.9 Å². The van der Waals surface area contributed by atoms with Gasteiger partial charge in [-0.3, -0.25) is 4.79 Å². The predicted molar refractivity (Wildman–Crippen MR) is 69.1 cm³/mol. The molecule has 1 aromatic carbocycles. The SMILES string of the molecule is NC(=O)c1ccccc1Oc1nc(Cl)c(C(=O)O)s1. The molecule has 3 N–H and O–H groups in total. The van der Waals surface area contributed by atoms with Gasteiger partial charge in [-0.25, -0.2) is 4.79 Å². The van der Waals surface area contributed by atoms with E-state index in [4.69, 9.17) is 27.2 Å². The normalized spacial score (nSPS) is 10.2. The Bertz CT molecular complexity index is 656. The Morgan fingerprint density at radius 2 is 2.05 bits per heavy atom. The van der Waals surface area contributed by atoms with Crippen LogP contribution in [0.1, 0.15) is 20.0 Å². The fraction of sp³-hybridized carbons (Fsp3) is 0. The summed E-state index contributed by atoms with van der Waals surface area (Å²) >= 11 is 6.42. The lowest BCUT2D eigenvalue weighted by molar-refractivity contribution is 0.0702. The summed E-state index contributed by atoms with van der Waals surface area (Å²) in [6, 6.07) is 6.29. The molecule has 2 rings (SSSR count). The first-order valence-electron chi connectivity index (χ1n) is 4.95. The molecule has 8 heteroatoms.